The van der Waals surface area contributed by atoms with Gasteiger partial charge in [-0.1, -0.05) is 0 Å². The third-order valence-electron chi connectivity index (χ3n) is 7.24. The first-order valence-corrected chi connectivity index (χ1v) is 11.1. The van der Waals surface area contributed by atoms with E-state index in [0.717, 1.165) is 23.3 Å². The van der Waals surface area contributed by atoms with Crippen molar-refractivity contribution in [2.75, 3.05) is 18.5 Å². The zero-order chi connectivity index (χ0) is 19.3. The average molecular weight is 400 g/mol. The molecule has 4 saturated carbocycles. The van der Waals surface area contributed by atoms with E-state index in [4.69, 9.17) is 10.00 Å². The monoisotopic (exact) mass is 399 g/mol. The molecule has 6 nitrogen and oxygen atoms in total. The lowest BCUT2D eigenvalue weighted by molar-refractivity contribution is -0.127. The Morgan fingerprint density at radius 1 is 1.25 bits per heavy atom. The molecule has 1 aromatic rings. The molecule has 4 aliphatic carbocycles. The number of nitrogens with zero attached hydrogens (tertiary/aromatic N) is 1. The van der Waals surface area contributed by atoms with Gasteiger partial charge in [0.05, 0.1) is 36.7 Å². The maximum Gasteiger partial charge on any atom is 0.254 e. The number of carbonyl (C=O) groups is 2. The number of thiophene rings is 1. The molecule has 0 radical (unpaired) electrons. The number of nitriles is 1. The van der Waals surface area contributed by atoms with Crippen LogP contribution in [-0.2, 0) is 22.6 Å². The normalized spacial score (nSPS) is 32.0. The van der Waals surface area contributed by atoms with Gasteiger partial charge in [0.25, 0.3) is 5.91 Å². The minimum Gasteiger partial charge on any atom is -0.376 e. The van der Waals surface area contributed by atoms with Crippen LogP contribution in [0.1, 0.15) is 59.3 Å². The molecule has 148 valence electrons. The summed E-state index contributed by atoms with van der Waals surface area (Å²) in [5.74, 6) is 1.86. The van der Waals surface area contributed by atoms with E-state index in [2.05, 4.69) is 10.6 Å². The number of fused-ring (bicyclic) bond motifs is 1. The van der Waals surface area contributed by atoms with Crippen LogP contribution in [0.15, 0.2) is 0 Å². The number of rotatable bonds is 5. The van der Waals surface area contributed by atoms with Crippen LogP contribution in [0.3, 0.4) is 0 Å². The van der Waals surface area contributed by atoms with Gasteiger partial charge in [0.1, 0.15) is 5.00 Å². The van der Waals surface area contributed by atoms with Crippen molar-refractivity contribution in [2.45, 2.75) is 51.6 Å². The summed E-state index contributed by atoms with van der Waals surface area (Å²) in [5.41, 5.74) is 1.36. The standard InChI is InChI=1S/C21H25N3O3S/c22-3-1-4-23-18(25)17-15-2-5-27-11-16(15)28-19(17)24-20(26)21-9-12-6-13(10-21)8-14(21)7-12/h12-14H,1-2,4-11H2,(H,23,25)(H,24,26). The van der Waals surface area contributed by atoms with E-state index in [9.17, 15) is 9.59 Å². The Kier molecular flexibility index (Phi) is 4.44. The van der Waals surface area contributed by atoms with E-state index < -0.39 is 0 Å². The number of amides is 2. The Bertz CT molecular complexity index is 857. The third-order valence-corrected chi connectivity index (χ3v) is 8.36. The molecular weight excluding hydrogens is 374 g/mol. The second kappa shape index (κ2) is 6.85. The molecule has 0 aromatic carbocycles. The van der Waals surface area contributed by atoms with E-state index in [1.165, 1.54) is 30.6 Å². The molecule has 2 heterocycles. The molecule has 6 rings (SSSR count). The largest absolute Gasteiger partial charge is 0.376 e. The van der Waals surface area contributed by atoms with Crippen LogP contribution < -0.4 is 10.6 Å². The highest BCUT2D eigenvalue weighted by Gasteiger charge is 2.61. The van der Waals surface area contributed by atoms with E-state index in [1.54, 1.807) is 0 Å². The average Bonchev–Trinajstić information content (AvgIpc) is 3.25. The Morgan fingerprint density at radius 3 is 2.79 bits per heavy atom. The summed E-state index contributed by atoms with van der Waals surface area (Å²) >= 11 is 1.48. The Labute approximate surface area is 168 Å². The highest BCUT2D eigenvalue weighted by molar-refractivity contribution is 7.17. The van der Waals surface area contributed by atoms with E-state index in [1.807, 2.05) is 6.07 Å². The minimum absolute atomic E-state index is 0.118. The maximum atomic E-state index is 13.4. The second-order valence-electron chi connectivity index (χ2n) is 8.83. The third kappa shape index (κ3) is 2.77. The quantitative estimate of drug-likeness (QED) is 0.744. The van der Waals surface area contributed by atoms with Gasteiger partial charge < -0.3 is 15.4 Å². The van der Waals surface area contributed by atoms with Crippen molar-refractivity contribution in [1.82, 2.24) is 5.32 Å². The van der Waals surface area contributed by atoms with Crippen molar-refractivity contribution in [2.24, 2.45) is 23.2 Å². The lowest BCUT2D eigenvalue weighted by Crippen LogP contribution is -2.37. The van der Waals surface area contributed by atoms with Crippen LogP contribution in [0.4, 0.5) is 5.00 Å². The lowest BCUT2D eigenvalue weighted by Gasteiger charge is -2.31. The Hall–Kier alpha value is -1.91. The lowest BCUT2D eigenvalue weighted by atomic mass is 9.75. The van der Waals surface area contributed by atoms with Crippen molar-refractivity contribution < 1.29 is 14.3 Å². The first-order chi connectivity index (χ1) is 13.6. The van der Waals surface area contributed by atoms with Gasteiger partial charge in [0.2, 0.25) is 5.91 Å². The molecule has 2 atom stereocenters. The predicted molar refractivity (Wildman–Crippen MR) is 105 cm³/mol. The van der Waals surface area contributed by atoms with Gasteiger partial charge in [-0.05, 0) is 61.8 Å². The molecule has 1 aromatic heterocycles. The van der Waals surface area contributed by atoms with Gasteiger partial charge in [-0.3, -0.25) is 9.59 Å². The molecule has 0 saturated heterocycles. The fraction of sp³-hybridized carbons (Fsp3) is 0.667. The summed E-state index contributed by atoms with van der Waals surface area (Å²) < 4.78 is 5.56. The van der Waals surface area contributed by atoms with Gasteiger partial charge in [-0.25, -0.2) is 0 Å². The SMILES string of the molecule is N#CCCNC(=O)c1c(NC(=O)C23CC4CC(CC2C4)C3)sc2c1CCOC2. The first-order valence-electron chi connectivity index (χ1n) is 10.3. The van der Waals surface area contributed by atoms with E-state index in [-0.39, 0.29) is 23.7 Å². The molecule has 28 heavy (non-hydrogen) atoms. The zero-order valence-corrected chi connectivity index (χ0v) is 16.7. The Balaban J connectivity index is 1.42. The van der Waals surface area contributed by atoms with Crippen LogP contribution in [0.25, 0.3) is 0 Å². The molecular formula is C21H25N3O3S. The van der Waals surface area contributed by atoms with Crippen LogP contribution in [-0.4, -0.2) is 25.0 Å². The van der Waals surface area contributed by atoms with Crippen LogP contribution >= 0.6 is 11.3 Å². The highest BCUT2D eigenvalue weighted by Crippen LogP contribution is 2.65. The predicted octanol–water partition coefficient (Wildman–Crippen LogP) is 3.23. The van der Waals surface area contributed by atoms with Gasteiger partial charge in [0, 0.05) is 11.4 Å². The van der Waals surface area contributed by atoms with E-state index >= 15 is 0 Å². The number of ether oxygens (including phenoxy) is 1. The van der Waals surface area contributed by atoms with Gasteiger partial charge in [-0.2, -0.15) is 5.26 Å². The molecule has 2 unspecified atom stereocenters. The molecule has 0 spiro atoms. The number of nitrogens with one attached hydrogen (secondary N) is 2. The first kappa shape index (κ1) is 18.1. The molecule has 1 aliphatic heterocycles. The van der Waals surface area contributed by atoms with Crippen LogP contribution in [0.2, 0.25) is 0 Å². The van der Waals surface area contributed by atoms with Gasteiger partial charge in [-0.15, -0.1) is 11.3 Å². The maximum absolute atomic E-state index is 13.4. The molecule has 2 N–H and O–H groups in total. The van der Waals surface area contributed by atoms with Gasteiger partial charge in [0.15, 0.2) is 0 Å². The minimum atomic E-state index is -0.219. The molecule has 2 amide bonds. The summed E-state index contributed by atoms with van der Waals surface area (Å²) in [6, 6.07) is 2.05. The van der Waals surface area contributed by atoms with Gasteiger partial charge >= 0.3 is 0 Å². The Morgan fingerprint density at radius 2 is 2.04 bits per heavy atom. The van der Waals surface area contributed by atoms with Crippen molar-refractivity contribution in [1.29, 1.82) is 5.26 Å². The zero-order valence-electron chi connectivity index (χ0n) is 15.9. The number of carbonyl (C=O) groups excluding carboxylic acids is 2. The van der Waals surface area contributed by atoms with Crippen molar-refractivity contribution in [3.05, 3.63) is 16.0 Å². The number of anilines is 1. The van der Waals surface area contributed by atoms with Crippen LogP contribution in [0.5, 0.6) is 0 Å². The summed E-state index contributed by atoms with van der Waals surface area (Å²) in [7, 11) is 0. The molecule has 7 heteroatoms. The summed E-state index contributed by atoms with van der Waals surface area (Å²) in [5, 5.41) is 15.4. The summed E-state index contributed by atoms with van der Waals surface area (Å²) in [4.78, 5) is 27.3. The van der Waals surface area contributed by atoms with E-state index in [0.29, 0.717) is 54.5 Å². The highest BCUT2D eigenvalue weighted by atomic mass is 32.1. The van der Waals surface area contributed by atoms with Crippen molar-refractivity contribution in [3.8, 4) is 6.07 Å². The fourth-order valence-electron chi connectivity index (χ4n) is 6.28. The van der Waals surface area contributed by atoms with Crippen LogP contribution in [0, 0.1) is 34.5 Å². The second-order valence-corrected chi connectivity index (χ2v) is 9.93. The number of hydrogen-bond donors (Lipinski definition) is 2. The number of hydrogen-bond acceptors (Lipinski definition) is 5. The van der Waals surface area contributed by atoms with Crippen molar-refractivity contribution >= 4 is 28.2 Å². The molecule has 4 fully saturated rings. The molecule has 4 bridgehead atoms. The smallest absolute Gasteiger partial charge is 0.254 e. The summed E-state index contributed by atoms with van der Waals surface area (Å²) in [6.07, 6.45) is 6.66. The molecule has 5 aliphatic rings. The topological polar surface area (TPSA) is 91.2 Å². The fourth-order valence-corrected chi connectivity index (χ4v) is 7.45. The van der Waals surface area contributed by atoms with Crippen molar-refractivity contribution in [3.63, 3.8) is 0 Å². The summed E-state index contributed by atoms with van der Waals surface area (Å²) in [6.45, 7) is 1.40.